The molecule has 0 bridgehead atoms. The van der Waals surface area contributed by atoms with Gasteiger partial charge in [0.1, 0.15) is 18.1 Å². The first-order valence-corrected chi connectivity index (χ1v) is 8.57. The predicted octanol–water partition coefficient (Wildman–Crippen LogP) is 3.18. The summed E-state index contributed by atoms with van der Waals surface area (Å²) in [5, 5.41) is 5.63. The van der Waals surface area contributed by atoms with E-state index >= 15 is 0 Å². The van der Waals surface area contributed by atoms with E-state index in [4.69, 9.17) is 9.47 Å². The lowest BCUT2D eigenvalue weighted by Gasteiger charge is -2.10. The number of urea groups is 1. The molecule has 2 N–H and O–H groups in total. The highest BCUT2D eigenvalue weighted by atomic mass is 16.5. The van der Waals surface area contributed by atoms with Gasteiger partial charge in [-0.25, -0.2) is 4.79 Å². The van der Waals surface area contributed by atoms with Crippen LogP contribution < -0.4 is 20.1 Å². The Hall–Kier alpha value is -2.69. The molecule has 5 heteroatoms. The summed E-state index contributed by atoms with van der Waals surface area (Å²) in [6.45, 7) is 3.58. The third-order valence-corrected chi connectivity index (χ3v) is 3.80. The molecule has 2 aromatic carbocycles. The SMILES string of the molecule is CCc1cccc(OCCNC(=O)NCCc2cccc(OC)c2)c1. The second-order valence-electron chi connectivity index (χ2n) is 5.63. The third kappa shape index (κ3) is 6.75. The largest absolute Gasteiger partial charge is 0.497 e. The minimum absolute atomic E-state index is 0.186. The molecule has 5 nitrogen and oxygen atoms in total. The number of hydrogen-bond donors (Lipinski definition) is 2. The van der Waals surface area contributed by atoms with Gasteiger partial charge in [-0.15, -0.1) is 0 Å². The van der Waals surface area contributed by atoms with Gasteiger partial charge in [0.25, 0.3) is 0 Å². The molecule has 0 unspecified atom stereocenters. The second-order valence-corrected chi connectivity index (χ2v) is 5.63. The van der Waals surface area contributed by atoms with E-state index in [1.165, 1.54) is 5.56 Å². The molecule has 2 amide bonds. The van der Waals surface area contributed by atoms with Gasteiger partial charge in [0.2, 0.25) is 0 Å². The van der Waals surface area contributed by atoms with Crippen LogP contribution in [0.2, 0.25) is 0 Å². The van der Waals surface area contributed by atoms with E-state index in [-0.39, 0.29) is 6.03 Å². The van der Waals surface area contributed by atoms with Crippen molar-refractivity contribution in [1.29, 1.82) is 0 Å². The Labute approximate surface area is 149 Å². The Morgan fingerprint density at radius 1 is 0.960 bits per heavy atom. The zero-order valence-corrected chi connectivity index (χ0v) is 14.9. The van der Waals surface area contributed by atoms with E-state index < -0.39 is 0 Å². The minimum Gasteiger partial charge on any atom is -0.497 e. The molecule has 0 aliphatic heterocycles. The maximum atomic E-state index is 11.8. The van der Waals surface area contributed by atoms with Crippen molar-refractivity contribution < 1.29 is 14.3 Å². The van der Waals surface area contributed by atoms with Crippen LogP contribution in [0.1, 0.15) is 18.1 Å². The van der Waals surface area contributed by atoms with Gasteiger partial charge in [0, 0.05) is 6.54 Å². The monoisotopic (exact) mass is 342 g/mol. The van der Waals surface area contributed by atoms with Crippen LogP contribution in [0, 0.1) is 0 Å². The number of nitrogens with one attached hydrogen (secondary N) is 2. The van der Waals surface area contributed by atoms with Gasteiger partial charge < -0.3 is 20.1 Å². The molecule has 0 radical (unpaired) electrons. The lowest BCUT2D eigenvalue weighted by atomic mass is 10.1. The van der Waals surface area contributed by atoms with Crippen molar-refractivity contribution in [3.63, 3.8) is 0 Å². The quantitative estimate of drug-likeness (QED) is 0.688. The molecule has 134 valence electrons. The fraction of sp³-hybridized carbons (Fsp3) is 0.350. The van der Waals surface area contributed by atoms with E-state index in [1.807, 2.05) is 42.5 Å². The molecule has 2 aromatic rings. The molecular weight excluding hydrogens is 316 g/mol. The zero-order valence-electron chi connectivity index (χ0n) is 14.9. The summed E-state index contributed by atoms with van der Waals surface area (Å²) in [5.74, 6) is 1.66. The van der Waals surface area contributed by atoms with Crippen molar-refractivity contribution >= 4 is 6.03 Å². The van der Waals surface area contributed by atoms with Crippen molar-refractivity contribution in [2.24, 2.45) is 0 Å². The number of benzene rings is 2. The highest BCUT2D eigenvalue weighted by Gasteiger charge is 2.01. The number of aryl methyl sites for hydroxylation is 1. The highest BCUT2D eigenvalue weighted by Crippen LogP contribution is 2.13. The summed E-state index contributed by atoms with van der Waals surface area (Å²) < 4.78 is 10.8. The fourth-order valence-corrected chi connectivity index (χ4v) is 2.40. The summed E-state index contributed by atoms with van der Waals surface area (Å²) in [6.07, 6.45) is 1.73. The molecule has 0 saturated heterocycles. The van der Waals surface area contributed by atoms with Crippen molar-refractivity contribution in [3.05, 3.63) is 59.7 Å². The molecule has 0 heterocycles. The van der Waals surface area contributed by atoms with Crippen LogP contribution >= 0.6 is 0 Å². The summed E-state index contributed by atoms with van der Waals surface area (Å²) in [5.41, 5.74) is 2.36. The van der Waals surface area contributed by atoms with Crippen LogP contribution in [0.3, 0.4) is 0 Å². The number of rotatable bonds is 9. The van der Waals surface area contributed by atoms with Crippen molar-refractivity contribution in [1.82, 2.24) is 10.6 Å². The van der Waals surface area contributed by atoms with Gasteiger partial charge in [-0.1, -0.05) is 31.2 Å². The van der Waals surface area contributed by atoms with Gasteiger partial charge in [-0.3, -0.25) is 0 Å². The van der Waals surface area contributed by atoms with E-state index in [2.05, 4.69) is 23.6 Å². The van der Waals surface area contributed by atoms with Crippen molar-refractivity contribution in [2.75, 3.05) is 26.8 Å². The van der Waals surface area contributed by atoms with Crippen LogP contribution in [0.5, 0.6) is 11.5 Å². The maximum absolute atomic E-state index is 11.8. The molecule has 0 atom stereocenters. The Bertz CT molecular complexity index is 673. The molecule has 0 aliphatic rings. The third-order valence-electron chi connectivity index (χ3n) is 3.80. The van der Waals surface area contributed by atoms with E-state index in [1.54, 1.807) is 7.11 Å². The molecule has 0 aromatic heterocycles. The molecule has 0 fully saturated rings. The first kappa shape index (κ1) is 18.6. The van der Waals surface area contributed by atoms with Crippen LogP contribution in [-0.4, -0.2) is 32.8 Å². The van der Waals surface area contributed by atoms with Gasteiger partial charge in [-0.2, -0.15) is 0 Å². The van der Waals surface area contributed by atoms with Crippen LogP contribution in [0.15, 0.2) is 48.5 Å². The highest BCUT2D eigenvalue weighted by molar-refractivity contribution is 5.73. The van der Waals surface area contributed by atoms with Gasteiger partial charge in [0.15, 0.2) is 0 Å². The number of methoxy groups -OCH3 is 1. The molecular formula is C20H26N2O3. The van der Waals surface area contributed by atoms with Gasteiger partial charge in [-0.05, 0) is 48.2 Å². The average Bonchev–Trinajstić information content (AvgIpc) is 2.65. The normalized spacial score (nSPS) is 10.2. The van der Waals surface area contributed by atoms with Gasteiger partial charge in [0.05, 0.1) is 13.7 Å². The van der Waals surface area contributed by atoms with Crippen molar-refractivity contribution in [3.8, 4) is 11.5 Å². The molecule has 0 aliphatic carbocycles. The smallest absolute Gasteiger partial charge is 0.314 e. The second kappa shape index (κ2) is 10.2. The average molecular weight is 342 g/mol. The number of amides is 2. The number of hydrogen-bond acceptors (Lipinski definition) is 3. The van der Waals surface area contributed by atoms with Crippen LogP contribution in [-0.2, 0) is 12.8 Å². The van der Waals surface area contributed by atoms with Crippen molar-refractivity contribution in [2.45, 2.75) is 19.8 Å². The van der Waals surface area contributed by atoms with E-state index in [0.29, 0.717) is 19.7 Å². The zero-order chi connectivity index (χ0) is 17.9. The summed E-state index contributed by atoms with van der Waals surface area (Å²) in [7, 11) is 1.64. The first-order chi connectivity index (χ1) is 12.2. The molecule has 2 rings (SSSR count). The van der Waals surface area contributed by atoms with Crippen LogP contribution in [0.25, 0.3) is 0 Å². The lowest BCUT2D eigenvalue weighted by Crippen LogP contribution is -2.38. The number of carbonyl (C=O) groups is 1. The predicted molar refractivity (Wildman–Crippen MR) is 99.4 cm³/mol. The standard InChI is InChI=1S/C20H26N2O3/c1-3-16-6-4-9-19(14-16)25-13-12-22-20(23)21-11-10-17-7-5-8-18(15-17)24-2/h4-9,14-15H,3,10-13H2,1-2H3,(H2,21,22,23). The topological polar surface area (TPSA) is 59.6 Å². The lowest BCUT2D eigenvalue weighted by molar-refractivity contribution is 0.236. The number of ether oxygens (including phenoxy) is 2. The molecule has 0 spiro atoms. The maximum Gasteiger partial charge on any atom is 0.314 e. The van der Waals surface area contributed by atoms with Gasteiger partial charge >= 0.3 is 6.03 Å². The number of carbonyl (C=O) groups excluding carboxylic acids is 1. The molecule has 0 saturated carbocycles. The van der Waals surface area contributed by atoms with E-state index in [9.17, 15) is 4.79 Å². The fourth-order valence-electron chi connectivity index (χ4n) is 2.40. The first-order valence-electron chi connectivity index (χ1n) is 8.57. The summed E-state index contributed by atoms with van der Waals surface area (Å²) in [6, 6.07) is 15.6. The Balaban J connectivity index is 1.60. The summed E-state index contributed by atoms with van der Waals surface area (Å²) >= 11 is 0. The Morgan fingerprint density at radius 3 is 2.40 bits per heavy atom. The van der Waals surface area contributed by atoms with Crippen LogP contribution in [0.4, 0.5) is 4.79 Å². The summed E-state index contributed by atoms with van der Waals surface area (Å²) in [4.78, 5) is 11.8. The minimum atomic E-state index is -0.186. The Kier molecular flexibility index (Phi) is 7.63. The Morgan fingerprint density at radius 2 is 1.64 bits per heavy atom. The molecule has 25 heavy (non-hydrogen) atoms. The van der Waals surface area contributed by atoms with E-state index in [0.717, 1.165) is 29.9 Å².